The van der Waals surface area contributed by atoms with E-state index in [1.807, 2.05) is 13.8 Å². The molecule has 0 aromatic carbocycles. The van der Waals surface area contributed by atoms with Crippen LogP contribution in [0.25, 0.3) is 0 Å². The molecular formula is C9H16O2. The Bertz CT molecular complexity index is 153. The van der Waals surface area contributed by atoms with Gasteiger partial charge in [0.05, 0.1) is 25.1 Å². The molecule has 0 bridgehead atoms. The van der Waals surface area contributed by atoms with Crippen LogP contribution in [0.5, 0.6) is 0 Å². The minimum absolute atomic E-state index is 0.134. The van der Waals surface area contributed by atoms with Gasteiger partial charge < -0.3 is 9.47 Å². The largest absolute Gasteiger partial charge is 0.501 e. The first kappa shape index (κ1) is 8.60. The Morgan fingerprint density at radius 3 is 2.73 bits per heavy atom. The van der Waals surface area contributed by atoms with Gasteiger partial charge in [-0.1, -0.05) is 0 Å². The average Bonchev–Trinajstić information content (AvgIpc) is 2.62. The first-order valence-electron chi connectivity index (χ1n) is 4.01. The number of hydrogen-bond donors (Lipinski definition) is 0. The van der Waals surface area contributed by atoms with Crippen LogP contribution >= 0.6 is 0 Å². The van der Waals surface area contributed by atoms with Crippen LogP contribution < -0.4 is 0 Å². The maximum atomic E-state index is 5.27. The summed E-state index contributed by atoms with van der Waals surface area (Å²) in [7, 11) is 0. The van der Waals surface area contributed by atoms with Crippen molar-refractivity contribution >= 4 is 0 Å². The topological polar surface area (TPSA) is 21.8 Å². The summed E-state index contributed by atoms with van der Waals surface area (Å²) >= 11 is 0. The minimum atomic E-state index is 0.134. The molecule has 1 heterocycles. The maximum absolute atomic E-state index is 5.27. The second-order valence-corrected chi connectivity index (χ2v) is 3.55. The van der Waals surface area contributed by atoms with E-state index >= 15 is 0 Å². The summed E-state index contributed by atoms with van der Waals surface area (Å²) in [5, 5.41) is 0. The van der Waals surface area contributed by atoms with Crippen molar-refractivity contribution in [3.8, 4) is 0 Å². The van der Waals surface area contributed by atoms with Crippen LogP contribution in [0.1, 0.15) is 27.2 Å². The van der Waals surface area contributed by atoms with E-state index in [1.54, 1.807) is 6.26 Å². The fraction of sp³-hybridized carbons (Fsp3) is 0.778. The first-order chi connectivity index (χ1) is 5.12. The number of epoxide rings is 1. The predicted molar refractivity (Wildman–Crippen MR) is 44.4 cm³/mol. The van der Waals surface area contributed by atoms with Gasteiger partial charge in [0, 0.05) is 6.42 Å². The third kappa shape index (κ3) is 3.42. The molecule has 0 amide bonds. The lowest BCUT2D eigenvalue weighted by atomic mass is 10.1. The fourth-order valence-electron chi connectivity index (χ4n) is 0.768. The van der Waals surface area contributed by atoms with Crippen LogP contribution in [0.2, 0.25) is 0 Å². The van der Waals surface area contributed by atoms with Gasteiger partial charge >= 0.3 is 0 Å². The highest BCUT2D eigenvalue weighted by atomic mass is 16.6. The van der Waals surface area contributed by atoms with Crippen molar-refractivity contribution in [2.45, 2.75) is 32.8 Å². The summed E-state index contributed by atoms with van der Waals surface area (Å²) in [6.45, 7) is 7.82. The SMILES string of the molecule is CC(C)=COCCC1(C)CO1. The summed E-state index contributed by atoms with van der Waals surface area (Å²) in [6, 6.07) is 0. The highest BCUT2D eigenvalue weighted by molar-refractivity contribution is 4.88. The monoisotopic (exact) mass is 156 g/mol. The zero-order chi connectivity index (χ0) is 8.32. The van der Waals surface area contributed by atoms with Crippen LogP contribution in [-0.4, -0.2) is 18.8 Å². The standard InChI is InChI=1S/C9H16O2/c1-8(2)6-10-5-4-9(3)7-11-9/h6H,4-5,7H2,1-3H3. The summed E-state index contributed by atoms with van der Waals surface area (Å²) in [4.78, 5) is 0. The molecule has 1 atom stereocenters. The van der Waals surface area contributed by atoms with Gasteiger partial charge in [-0.05, 0) is 26.3 Å². The van der Waals surface area contributed by atoms with Crippen LogP contribution in [0.4, 0.5) is 0 Å². The minimum Gasteiger partial charge on any atom is -0.501 e. The predicted octanol–water partition coefficient (Wildman–Crippen LogP) is 2.11. The summed E-state index contributed by atoms with van der Waals surface area (Å²) in [6.07, 6.45) is 2.79. The molecule has 0 N–H and O–H groups in total. The molecule has 0 spiro atoms. The number of allylic oxidation sites excluding steroid dienone is 1. The molecule has 0 aromatic heterocycles. The molecule has 1 rings (SSSR count). The van der Waals surface area contributed by atoms with E-state index in [4.69, 9.17) is 9.47 Å². The molecule has 1 saturated heterocycles. The number of rotatable bonds is 4. The van der Waals surface area contributed by atoms with E-state index < -0.39 is 0 Å². The lowest BCUT2D eigenvalue weighted by Crippen LogP contribution is -2.07. The Balaban J connectivity index is 2.01. The van der Waals surface area contributed by atoms with E-state index in [-0.39, 0.29) is 5.60 Å². The summed E-state index contributed by atoms with van der Waals surface area (Å²) < 4.78 is 10.5. The molecule has 1 aliphatic heterocycles. The van der Waals surface area contributed by atoms with Gasteiger partial charge in [0.15, 0.2) is 0 Å². The zero-order valence-electron chi connectivity index (χ0n) is 7.52. The number of hydrogen-bond acceptors (Lipinski definition) is 2. The van der Waals surface area contributed by atoms with E-state index in [0.717, 1.165) is 19.6 Å². The molecule has 0 saturated carbocycles. The van der Waals surface area contributed by atoms with E-state index in [0.29, 0.717) is 0 Å². The lowest BCUT2D eigenvalue weighted by Gasteiger charge is -2.04. The lowest BCUT2D eigenvalue weighted by molar-refractivity contribution is 0.198. The van der Waals surface area contributed by atoms with Crippen molar-refractivity contribution in [1.82, 2.24) is 0 Å². The molecule has 1 fully saturated rings. The molecule has 2 nitrogen and oxygen atoms in total. The molecule has 2 heteroatoms. The van der Waals surface area contributed by atoms with Gasteiger partial charge in [-0.15, -0.1) is 0 Å². The van der Waals surface area contributed by atoms with Crippen molar-refractivity contribution < 1.29 is 9.47 Å². The Hall–Kier alpha value is -0.500. The van der Waals surface area contributed by atoms with Gasteiger partial charge in [0.1, 0.15) is 0 Å². The zero-order valence-corrected chi connectivity index (χ0v) is 7.52. The van der Waals surface area contributed by atoms with Crippen molar-refractivity contribution in [3.05, 3.63) is 11.8 Å². The molecule has 1 unspecified atom stereocenters. The normalized spacial score (nSPS) is 27.9. The van der Waals surface area contributed by atoms with E-state index in [1.165, 1.54) is 5.57 Å². The Labute approximate surface area is 68.2 Å². The van der Waals surface area contributed by atoms with Gasteiger partial charge in [0.25, 0.3) is 0 Å². The van der Waals surface area contributed by atoms with Crippen molar-refractivity contribution in [1.29, 1.82) is 0 Å². The third-order valence-electron chi connectivity index (χ3n) is 1.70. The van der Waals surface area contributed by atoms with Crippen LogP contribution in [0, 0.1) is 0 Å². The molecule has 1 aliphatic rings. The Morgan fingerprint density at radius 2 is 2.27 bits per heavy atom. The van der Waals surface area contributed by atoms with Crippen LogP contribution in [-0.2, 0) is 9.47 Å². The van der Waals surface area contributed by atoms with Crippen molar-refractivity contribution in [3.63, 3.8) is 0 Å². The first-order valence-corrected chi connectivity index (χ1v) is 4.01. The van der Waals surface area contributed by atoms with Crippen molar-refractivity contribution in [2.75, 3.05) is 13.2 Å². The molecule has 0 aromatic rings. The molecule has 64 valence electrons. The van der Waals surface area contributed by atoms with Gasteiger partial charge in [-0.2, -0.15) is 0 Å². The van der Waals surface area contributed by atoms with E-state index in [9.17, 15) is 0 Å². The molecule has 0 radical (unpaired) electrons. The van der Waals surface area contributed by atoms with Gasteiger partial charge in [-0.3, -0.25) is 0 Å². The highest BCUT2D eigenvalue weighted by Gasteiger charge is 2.38. The van der Waals surface area contributed by atoms with Crippen molar-refractivity contribution in [2.24, 2.45) is 0 Å². The van der Waals surface area contributed by atoms with Crippen LogP contribution in [0.15, 0.2) is 11.8 Å². The highest BCUT2D eigenvalue weighted by Crippen LogP contribution is 2.29. The second kappa shape index (κ2) is 3.26. The Kier molecular flexibility index (Phi) is 2.55. The second-order valence-electron chi connectivity index (χ2n) is 3.55. The third-order valence-corrected chi connectivity index (χ3v) is 1.70. The van der Waals surface area contributed by atoms with Gasteiger partial charge in [-0.25, -0.2) is 0 Å². The Morgan fingerprint density at radius 1 is 1.64 bits per heavy atom. The molecular weight excluding hydrogens is 140 g/mol. The number of ether oxygens (including phenoxy) is 2. The average molecular weight is 156 g/mol. The molecule has 11 heavy (non-hydrogen) atoms. The van der Waals surface area contributed by atoms with Crippen LogP contribution in [0.3, 0.4) is 0 Å². The summed E-state index contributed by atoms with van der Waals surface area (Å²) in [5.74, 6) is 0. The van der Waals surface area contributed by atoms with Gasteiger partial charge in [0.2, 0.25) is 0 Å². The summed E-state index contributed by atoms with van der Waals surface area (Å²) in [5.41, 5.74) is 1.34. The fourth-order valence-corrected chi connectivity index (χ4v) is 0.768. The maximum Gasteiger partial charge on any atom is 0.0921 e. The molecule has 0 aliphatic carbocycles. The van der Waals surface area contributed by atoms with E-state index in [2.05, 4.69) is 6.92 Å². The smallest absolute Gasteiger partial charge is 0.0921 e. The quantitative estimate of drug-likeness (QED) is 0.353.